The lowest BCUT2D eigenvalue weighted by Crippen LogP contribution is -2.42. The Bertz CT molecular complexity index is 539. The summed E-state index contributed by atoms with van der Waals surface area (Å²) in [6.45, 7) is 7.29. The number of hydrogen-bond acceptors (Lipinski definition) is 3. The summed E-state index contributed by atoms with van der Waals surface area (Å²) >= 11 is 0. The molecule has 1 aliphatic rings. The fourth-order valence-electron chi connectivity index (χ4n) is 2.90. The number of carbonyl (C=O) groups excluding carboxylic acids is 2. The van der Waals surface area contributed by atoms with E-state index in [0.29, 0.717) is 17.7 Å². The molecular weight excluding hydrogens is 290 g/mol. The molecule has 0 spiro atoms. The second-order valence-electron chi connectivity index (χ2n) is 5.98. The predicted octanol–water partition coefficient (Wildman–Crippen LogP) is 2.04. The number of nitrogens with one attached hydrogen (secondary N) is 2. The van der Waals surface area contributed by atoms with Crippen LogP contribution in [0.25, 0.3) is 0 Å². The maximum absolute atomic E-state index is 12.9. The minimum Gasteiger partial charge on any atom is -0.352 e. The number of carbonyl (C=O) groups is 2. The molecular formula is C18H27N3O2. The van der Waals surface area contributed by atoms with Gasteiger partial charge in [0.1, 0.15) is 0 Å². The first kappa shape index (κ1) is 17.5. The van der Waals surface area contributed by atoms with Crippen molar-refractivity contribution in [3.05, 3.63) is 35.4 Å². The van der Waals surface area contributed by atoms with Crippen molar-refractivity contribution in [2.45, 2.75) is 39.2 Å². The second kappa shape index (κ2) is 8.67. The van der Waals surface area contributed by atoms with Crippen molar-refractivity contribution in [2.75, 3.05) is 26.2 Å². The van der Waals surface area contributed by atoms with Crippen LogP contribution in [0.2, 0.25) is 0 Å². The van der Waals surface area contributed by atoms with Gasteiger partial charge < -0.3 is 15.5 Å². The Morgan fingerprint density at radius 3 is 2.70 bits per heavy atom. The molecule has 2 N–H and O–H groups in total. The van der Waals surface area contributed by atoms with E-state index >= 15 is 0 Å². The van der Waals surface area contributed by atoms with Crippen LogP contribution in [0, 0.1) is 0 Å². The van der Waals surface area contributed by atoms with Gasteiger partial charge in [-0.1, -0.05) is 19.9 Å². The zero-order chi connectivity index (χ0) is 16.7. The third-order valence-electron chi connectivity index (χ3n) is 4.11. The third-order valence-corrected chi connectivity index (χ3v) is 4.11. The summed E-state index contributed by atoms with van der Waals surface area (Å²) in [6.07, 6.45) is 2.81. The number of rotatable bonds is 7. The average molecular weight is 317 g/mol. The first-order valence-corrected chi connectivity index (χ1v) is 8.57. The lowest BCUT2D eigenvalue weighted by Gasteiger charge is -2.28. The highest BCUT2D eigenvalue weighted by Gasteiger charge is 2.26. The van der Waals surface area contributed by atoms with Gasteiger partial charge >= 0.3 is 0 Å². The van der Waals surface area contributed by atoms with Gasteiger partial charge in [-0.3, -0.25) is 9.59 Å². The van der Waals surface area contributed by atoms with E-state index in [0.717, 1.165) is 38.9 Å². The molecule has 1 aromatic carbocycles. The molecule has 0 aromatic heterocycles. The molecule has 126 valence electrons. The monoisotopic (exact) mass is 317 g/mol. The smallest absolute Gasteiger partial charge is 0.254 e. The normalized spacial score (nSPS) is 17.0. The third kappa shape index (κ3) is 4.55. The first-order valence-electron chi connectivity index (χ1n) is 8.57. The van der Waals surface area contributed by atoms with Crippen molar-refractivity contribution in [3.8, 4) is 0 Å². The molecule has 2 amide bonds. The number of amides is 2. The van der Waals surface area contributed by atoms with Crippen molar-refractivity contribution in [3.63, 3.8) is 0 Å². The summed E-state index contributed by atoms with van der Waals surface area (Å²) in [4.78, 5) is 26.9. The summed E-state index contributed by atoms with van der Waals surface area (Å²) in [5, 5.41) is 6.16. The fraction of sp³-hybridized carbons (Fsp3) is 0.556. The molecule has 1 heterocycles. The Kier molecular flexibility index (Phi) is 6.59. The van der Waals surface area contributed by atoms with Crippen LogP contribution in [-0.2, 0) is 0 Å². The Hall–Kier alpha value is -1.88. The molecule has 5 heteroatoms. The maximum atomic E-state index is 12.9. The highest BCUT2D eigenvalue weighted by atomic mass is 16.2. The molecule has 2 rings (SSSR count). The van der Waals surface area contributed by atoms with E-state index in [2.05, 4.69) is 17.6 Å². The lowest BCUT2D eigenvalue weighted by molar-refractivity contribution is 0.0692. The molecule has 1 fully saturated rings. The van der Waals surface area contributed by atoms with Crippen molar-refractivity contribution in [1.29, 1.82) is 0 Å². The number of hydrogen-bond donors (Lipinski definition) is 2. The molecule has 1 aromatic rings. The van der Waals surface area contributed by atoms with E-state index < -0.39 is 0 Å². The van der Waals surface area contributed by atoms with E-state index in [-0.39, 0.29) is 17.9 Å². The van der Waals surface area contributed by atoms with Crippen LogP contribution in [0.3, 0.4) is 0 Å². The molecule has 1 atom stereocenters. The SMILES string of the molecule is CCCNC(=O)c1cccc(C(=O)N(CCC)C2CCNC2)c1. The van der Waals surface area contributed by atoms with Crippen molar-refractivity contribution >= 4 is 11.8 Å². The van der Waals surface area contributed by atoms with E-state index in [4.69, 9.17) is 0 Å². The highest BCUT2D eigenvalue weighted by Crippen LogP contribution is 2.15. The van der Waals surface area contributed by atoms with Crippen LogP contribution in [0.4, 0.5) is 0 Å². The topological polar surface area (TPSA) is 61.4 Å². The molecule has 0 bridgehead atoms. The minimum atomic E-state index is -0.119. The Morgan fingerprint density at radius 1 is 1.26 bits per heavy atom. The Balaban J connectivity index is 2.15. The molecule has 0 saturated carbocycles. The Morgan fingerprint density at radius 2 is 2.04 bits per heavy atom. The quantitative estimate of drug-likeness (QED) is 0.809. The van der Waals surface area contributed by atoms with E-state index in [9.17, 15) is 9.59 Å². The van der Waals surface area contributed by atoms with Crippen LogP contribution in [0.1, 0.15) is 53.8 Å². The lowest BCUT2D eigenvalue weighted by atomic mass is 10.1. The maximum Gasteiger partial charge on any atom is 0.254 e. The fourth-order valence-corrected chi connectivity index (χ4v) is 2.90. The average Bonchev–Trinajstić information content (AvgIpc) is 3.11. The Labute approximate surface area is 138 Å². The zero-order valence-corrected chi connectivity index (χ0v) is 14.1. The van der Waals surface area contributed by atoms with Crippen LogP contribution in [0.15, 0.2) is 24.3 Å². The van der Waals surface area contributed by atoms with Crippen LogP contribution in [-0.4, -0.2) is 48.9 Å². The van der Waals surface area contributed by atoms with Gasteiger partial charge in [-0.15, -0.1) is 0 Å². The standard InChI is InChI=1S/C18H27N3O2/c1-3-9-20-17(22)14-6-5-7-15(12-14)18(23)21(11-4-2)16-8-10-19-13-16/h5-7,12,16,19H,3-4,8-11,13H2,1-2H3,(H,20,22). The van der Waals surface area contributed by atoms with Crippen LogP contribution < -0.4 is 10.6 Å². The molecule has 1 saturated heterocycles. The van der Waals surface area contributed by atoms with E-state index in [1.165, 1.54) is 0 Å². The van der Waals surface area contributed by atoms with Crippen molar-refractivity contribution < 1.29 is 9.59 Å². The molecule has 23 heavy (non-hydrogen) atoms. The van der Waals surface area contributed by atoms with Gasteiger partial charge in [0.05, 0.1) is 0 Å². The summed E-state index contributed by atoms with van der Waals surface area (Å²) in [5.74, 6) is -0.100. The zero-order valence-electron chi connectivity index (χ0n) is 14.1. The minimum absolute atomic E-state index is 0.0192. The molecule has 1 aliphatic heterocycles. The van der Waals surface area contributed by atoms with Gasteiger partial charge in [0, 0.05) is 36.8 Å². The van der Waals surface area contributed by atoms with Crippen LogP contribution in [0.5, 0.6) is 0 Å². The van der Waals surface area contributed by atoms with Gasteiger partial charge in [0.15, 0.2) is 0 Å². The summed E-state index contributed by atoms with van der Waals surface area (Å²) in [5.41, 5.74) is 1.14. The van der Waals surface area contributed by atoms with Crippen LogP contribution >= 0.6 is 0 Å². The van der Waals surface area contributed by atoms with Crippen molar-refractivity contribution in [2.24, 2.45) is 0 Å². The van der Waals surface area contributed by atoms with Gasteiger partial charge in [-0.05, 0) is 44.0 Å². The largest absolute Gasteiger partial charge is 0.352 e. The van der Waals surface area contributed by atoms with Gasteiger partial charge in [0.25, 0.3) is 11.8 Å². The second-order valence-corrected chi connectivity index (χ2v) is 5.98. The van der Waals surface area contributed by atoms with Gasteiger partial charge in [-0.2, -0.15) is 0 Å². The molecule has 0 aliphatic carbocycles. The number of benzene rings is 1. The summed E-state index contributed by atoms with van der Waals surface area (Å²) < 4.78 is 0. The summed E-state index contributed by atoms with van der Waals surface area (Å²) in [6, 6.07) is 7.29. The van der Waals surface area contributed by atoms with E-state index in [1.807, 2.05) is 11.8 Å². The number of nitrogens with zero attached hydrogens (tertiary/aromatic N) is 1. The molecule has 0 radical (unpaired) electrons. The molecule has 5 nitrogen and oxygen atoms in total. The summed E-state index contributed by atoms with van der Waals surface area (Å²) in [7, 11) is 0. The van der Waals surface area contributed by atoms with Gasteiger partial charge in [-0.25, -0.2) is 0 Å². The predicted molar refractivity (Wildman–Crippen MR) is 91.7 cm³/mol. The van der Waals surface area contributed by atoms with E-state index in [1.54, 1.807) is 24.3 Å². The van der Waals surface area contributed by atoms with Gasteiger partial charge in [0.2, 0.25) is 0 Å². The van der Waals surface area contributed by atoms with Crippen molar-refractivity contribution in [1.82, 2.24) is 15.5 Å². The first-order chi connectivity index (χ1) is 11.2. The highest BCUT2D eigenvalue weighted by molar-refractivity contribution is 5.99. The molecule has 1 unspecified atom stereocenters.